The summed E-state index contributed by atoms with van der Waals surface area (Å²) >= 11 is 0. The molecule has 6 nitrogen and oxygen atoms in total. The normalized spacial score (nSPS) is 10.3. The summed E-state index contributed by atoms with van der Waals surface area (Å²) in [6.07, 6.45) is 3.02. The molecular weight excluding hydrogens is 516 g/mol. The third-order valence-corrected chi connectivity index (χ3v) is 6.24. The number of hydrogen-bond acceptors (Lipinski definition) is 6. The van der Waals surface area contributed by atoms with Crippen LogP contribution in [0, 0.1) is 0 Å². The summed E-state index contributed by atoms with van der Waals surface area (Å²) in [6, 6.07) is 32.6. The SMILES string of the molecule is C=CC(=O)OCCOc1ccc(Cc2ccccc2-c2ccccc2-c2ccc(OCCOC(=O)C=C)cc2)cc1. The van der Waals surface area contributed by atoms with Crippen LogP contribution in [0.2, 0.25) is 0 Å². The lowest BCUT2D eigenvalue weighted by Gasteiger charge is -2.15. The Kier molecular flexibility index (Phi) is 10.5. The summed E-state index contributed by atoms with van der Waals surface area (Å²) in [5, 5.41) is 0. The summed E-state index contributed by atoms with van der Waals surface area (Å²) in [4.78, 5) is 22.3. The van der Waals surface area contributed by atoms with Crippen LogP contribution >= 0.6 is 0 Å². The molecule has 0 radical (unpaired) electrons. The second-order valence-corrected chi connectivity index (χ2v) is 8.99. The van der Waals surface area contributed by atoms with Crippen molar-refractivity contribution in [3.63, 3.8) is 0 Å². The van der Waals surface area contributed by atoms with Crippen molar-refractivity contribution in [1.29, 1.82) is 0 Å². The fourth-order valence-corrected chi connectivity index (χ4v) is 4.28. The van der Waals surface area contributed by atoms with Gasteiger partial charge in [0.15, 0.2) is 0 Å². The average molecular weight is 549 g/mol. The smallest absolute Gasteiger partial charge is 0.330 e. The molecule has 0 aliphatic rings. The molecular formula is C35H32O6. The van der Waals surface area contributed by atoms with Gasteiger partial charge in [-0.15, -0.1) is 0 Å². The first kappa shape index (κ1) is 28.9. The highest BCUT2D eigenvalue weighted by molar-refractivity contribution is 5.85. The fourth-order valence-electron chi connectivity index (χ4n) is 4.28. The van der Waals surface area contributed by atoms with E-state index in [1.807, 2.05) is 54.6 Å². The Morgan fingerprint density at radius 2 is 1.05 bits per heavy atom. The molecule has 0 fully saturated rings. The maximum absolute atomic E-state index is 11.2. The average Bonchev–Trinajstić information content (AvgIpc) is 3.02. The molecule has 4 aromatic rings. The van der Waals surface area contributed by atoms with Gasteiger partial charge in [0, 0.05) is 12.2 Å². The molecule has 0 heterocycles. The number of carbonyl (C=O) groups is 2. The van der Waals surface area contributed by atoms with E-state index >= 15 is 0 Å². The van der Waals surface area contributed by atoms with Crippen LogP contribution in [-0.4, -0.2) is 38.4 Å². The molecule has 0 N–H and O–H groups in total. The Morgan fingerprint density at radius 3 is 1.61 bits per heavy atom. The van der Waals surface area contributed by atoms with Crippen LogP contribution in [0.25, 0.3) is 22.3 Å². The third kappa shape index (κ3) is 8.44. The van der Waals surface area contributed by atoms with Gasteiger partial charge in [-0.05, 0) is 64.1 Å². The molecule has 4 aromatic carbocycles. The first-order chi connectivity index (χ1) is 20.1. The van der Waals surface area contributed by atoms with Crippen molar-refractivity contribution in [2.75, 3.05) is 26.4 Å². The maximum Gasteiger partial charge on any atom is 0.330 e. The molecule has 208 valence electrons. The summed E-state index contributed by atoms with van der Waals surface area (Å²) in [5.74, 6) is 0.488. The van der Waals surface area contributed by atoms with E-state index in [0.29, 0.717) is 11.5 Å². The quantitative estimate of drug-likeness (QED) is 0.0978. The molecule has 0 unspecified atom stereocenters. The lowest BCUT2D eigenvalue weighted by Crippen LogP contribution is -2.10. The van der Waals surface area contributed by atoms with Gasteiger partial charge in [0.1, 0.15) is 37.9 Å². The van der Waals surface area contributed by atoms with Gasteiger partial charge in [-0.2, -0.15) is 0 Å². The van der Waals surface area contributed by atoms with E-state index in [1.165, 1.54) is 5.56 Å². The molecule has 0 amide bonds. The second kappa shape index (κ2) is 14.9. The summed E-state index contributed by atoms with van der Waals surface area (Å²) in [7, 11) is 0. The van der Waals surface area contributed by atoms with Gasteiger partial charge >= 0.3 is 11.9 Å². The standard InChI is InChI=1S/C35H32O6/c1-3-34(36)40-23-21-38-29-17-13-26(14-18-29)25-28-9-5-6-11-32(28)33-12-8-7-10-31(33)27-15-19-30(20-16-27)39-22-24-41-35(37)4-2/h3-20H,1-2,21-25H2. The van der Waals surface area contributed by atoms with Gasteiger partial charge in [-0.25, -0.2) is 9.59 Å². The fraction of sp³-hybridized carbons (Fsp3) is 0.143. The second-order valence-electron chi connectivity index (χ2n) is 8.99. The molecule has 0 aliphatic carbocycles. The van der Waals surface area contributed by atoms with E-state index in [-0.39, 0.29) is 26.4 Å². The summed E-state index contributed by atoms with van der Waals surface area (Å²) < 4.78 is 21.3. The lowest BCUT2D eigenvalue weighted by molar-refractivity contribution is -0.139. The Morgan fingerprint density at radius 1 is 0.561 bits per heavy atom. The van der Waals surface area contributed by atoms with E-state index < -0.39 is 11.9 Å². The predicted octanol–water partition coefficient (Wildman–Crippen LogP) is 6.83. The van der Waals surface area contributed by atoms with Crippen LogP contribution in [0.4, 0.5) is 0 Å². The molecule has 4 rings (SSSR count). The van der Waals surface area contributed by atoms with E-state index in [2.05, 4.69) is 55.6 Å². The van der Waals surface area contributed by atoms with Crippen molar-refractivity contribution >= 4 is 11.9 Å². The van der Waals surface area contributed by atoms with Crippen molar-refractivity contribution in [3.05, 3.63) is 133 Å². The zero-order chi connectivity index (χ0) is 28.9. The number of ether oxygens (including phenoxy) is 4. The first-order valence-corrected chi connectivity index (χ1v) is 13.3. The number of carbonyl (C=O) groups excluding carboxylic acids is 2. The minimum absolute atomic E-state index is 0.162. The molecule has 0 saturated heterocycles. The van der Waals surface area contributed by atoms with E-state index in [4.69, 9.17) is 18.9 Å². The van der Waals surface area contributed by atoms with E-state index in [9.17, 15) is 9.59 Å². The monoisotopic (exact) mass is 548 g/mol. The van der Waals surface area contributed by atoms with Gasteiger partial charge in [-0.3, -0.25) is 0 Å². The van der Waals surface area contributed by atoms with Crippen LogP contribution < -0.4 is 9.47 Å². The van der Waals surface area contributed by atoms with Crippen molar-refractivity contribution in [2.24, 2.45) is 0 Å². The Bertz CT molecular complexity index is 1470. The van der Waals surface area contributed by atoms with Crippen molar-refractivity contribution < 1.29 is 28.5 Å². The highest BCUT2D eigenvalue weighted by Crippen LogP contribution is 2.35. The number of benzene rings is 4. The molecule has 0 atom stereocenters. The van der Waals surface area contributed by atoms with E-state index in [0.717, 1.165) is 46.4 Å². The van der Waals surface area contributed by atoms with Crippen LogP contribution in [-0.2, 0) is 25.5 Å². The largest absolute Gasteiger partial charge is 0.490 e. The number of esters is 2. The molecule has 0 bridgehead atoms. The Labute approximate surface area is 240 Å². The van der Waals surface area contributed by atoms with Gasteiger partial charge < -0.3 is 18.9 Å². The minimum atomic E-state index is -0.465. The third-order valence-electron chi connectivity index (χ3n) is 6.24. The van der Waals surface area contributed by atoms with Crippen LogP contribution in [0.3, 0.4) is 0 Å². The van der Waals surface area contributed by atoms with Gasteiger partial charge in [0.05, 0.1) is 0 Å². The molecule has 41 heavy (non-hydrogen) atoms. The van der Waals surface area contributed by atoms with Crippen LogP contribution in [0.15, 0.2) is 122 Å². The molecule has 0 aromatic heterocycles. The predicted molar refractivity (Wildman–Crippen MR) is 160 cm³/mol. The van der Waals surface area contributed by atoms with Gasteiger partial charge in [-0.1, -0.05) is 86.0 Å². The summed E-state index contributed by atoms with van der Waals surface area (Å²) in [5.41, 5.74) is 6.85. The molecule has 0 saturated carbocycles. The van der Waals surface area contributed by atoms with Crippen molar-refractivity contribution in [2.45, 2.75) is 6.42 Å². The highest BCUT2D eigenvalue weighted by Gasteiger charge is 2.12. The Hall–Kier alpha value is -5.10. The van der Waals surface area contributed by atoms with E-state index in [1.54, 1.807) is 0 Å². The van der Waals surface area contributed by atoms with Gasteiger partial charge in [0.25, 0.3) is 0 Å². The highest BCUT2D eigenvalue weighted by atomic mass is 16.6. The topological polar surface area (TPSA) is 71.1 Å². The first-order valence-electron chi connectivity index (χ1n) is 13.3. The van der Waals surface area contributed by atoms with Crippen molar-refractivity contribution in [3.8, 4) is 33.8 Å². The van der Waals surface area contributed by atoms with Crippen LogP contribution in [0.5, 0.6) is 11.5 Å². The molecule has 0 aliphatic heterocycles. The van der Waals surface area contributed by atoms with Crippen molar-refractivity contribution in [1.82, 2.24) is 0 Å². The Balaban J connectivity index is 1.44. The molecule has 0 spiro atoms. The number of rotatable bonds is 14. The summed E-state index contributed by atoms with van der Waals surface area (Å²) in [6.45, 7) is 7.62. The number of hydrogen-bond donors (Lipinski definition) is 0. The van der Waals surface area contributed by atoms with Gasteiger partial charge in [0.2, 0.25) is 0 Å². The zero-order valence-electron chi connectivity index (χ0n) is 22.8. The molecule has 6 heteroatoms. The van der Waals surface area contributed by atoms with Crippen LogP contribution in [0.1, 0.15) is 11.1 Å². The zero-order valence-corrected chi connectivity index (χ0v) is 22.8. The lowest BCUT2D eigenvalue weighted by atomic mass is 9.90. The maximum atomic E-state index is 11.2. The minimum Gasteiger partial charge on any atom is -0.490 e.